The first-order chi connectivity index (χ1) is 12.9. The number of ether oxygens (including phenoxy) is 1. The van der Waals surface area contributed by atoms with Crippen molar-refractivity contribution in [3.05, 3.63) is 57.8 Å². The molecule has 0 bridgehead atoms. The second-order valence-electron chi connectivity index (χ2n) is 8.20. The molecule has 146 valence electrons. The van der Waals surface area contributed by atoms with E-state index in [2.05, 4.69) is 67.6 Å². The van der Waals surface area contributed by atoms with E-state index in [1.807, 2.05) is 12.1 Å². The Kier molecular flexibility index (Phi) is 6.35. The Morgan fingerprint density at radius 2 is 1.81 bits per heavy atom. The molecule has 2 aromatic rings. The maximum absolute atomic E-state index is 12.8. The van der Waals surface area contributed by atoms with Crippen molar-refractivity contribution in [2.24, 2.45) is 0 Å². The van der Waals surface area contributed by atoms with Gasteiger partial charge in [-0.05, 0) is 41.5 Å². The standard InChI is InChI=1S/C22H30N2O2S/c1-16(20(19-6-5-15-27-19)24-11-13-26-14-12-24)23-21(25)17-7-9-18(10-8-17)22(2,3)4/h5-10,15-16,20H,11-14H2,1-4H3,(H,23,25)/t16-,20+/m0/s1. The SMILES string of the molecule is C[C@H](NC(=O)c1ccc(C(C)(C)C)cc1)[C@H](c1cccs1)N1CCOCC1. The van der Waals surface area contributed by atoms with Gasteiger partial charge in [-0.3, -0.25) is 9.69 Å². The van der Waals surface area contributed by atoms with Crippen LogP contribution in [0.1, 0.15) is 54.5 Å². The first-order valence-corrected chi connectivity index (χ1v) is 10.5. The van der Waals surface area contributed by atoms with Crippen LogP contribution in [0.25, 0.3) is 0 Å². The van der Waals surface area contributed by atoms with Crippen molar-refractivity contribution < 1.29 is 9.53 Å². The van der Waals surface area contributed by atoms with Gasteiger partial charge in [0.2, 0.25) is 0 Å². The van der Waals surface area contributed by atoms with Gasteiger partial charge >= 0.3 is 0 Å². The molecule has 27 heavy (non-hydrogen) atoms. The smallest absolute Gasteiger partial charge is 0.251 e. The van der Waals surface area contributed by atoms with Gasteiger partial charge in [0.25, 0.3) is 5.91 Å². The lowest BCUT2D eigenvalue weighted by Gasteiger charge is -2.37. The Morgan fingerprint density at radius 1 is 1.15 bits per heavy atom. The van der Waals surface area contributed by atoms with Gasteiger partial charge in [0, 0.05) is 29.6 Å². The third-order valence-corrected chi connectivity index (χ3v) is 6.06. The minimum Gasteiger partial charge on any atom is -0.379 e. The van der Waals surface area contributed by atoms with E-state index in [9.17, 15) is 4.79 Å². The molecular weight excluding hydrogens is 356 g/mol. The van der Waals surface area contributed by atoms with Gasteiger partial charge in [0.15, 0.2) is 0 Å². The quantitative estimate of drug-likeness (QED) is 0.836. The average molecular weight is 387 g/mol. The van der Waals surface area contributed by atoms with Crippen molar-refractivity contribution in [3.63, 3.8) is 0 Å². The first kappa shape index (κ1) is 20.1. The zero-order valence-electron chi connectivity index (χ0n) is 16.7. The van der Waals surface area contributed by atoms with Crippen molar-refractivity contribution in [1.82, 2.24) is 10.2 Å². The van der Waals surface area contributed by atoms with Gasteiger partial charge in [-0.15, -0.1) is 11.3 Å². The number of hydrogen-bond donors (Lipinski definition) is 1. The number of benzene rings is 1. The van der Waals surface area contributed by atoms with Crippen LogP contribution in [-0.2, 0) is 10.2 Å². The lowest BCUT2D eigenvalue weighted by Crippen LogP contribution is -2.48. The predicted molar refractivity (Wildman–Crippen MR) is 112 cm³/mol. The summed E-state index contributed by atoms with van der Waals surface area (Å²) in [5.74, 6) is -0.0159. The number of nitrogens with one attached hydrogen (secondary N) is 1. The van der Waals surface area contributed by atoms with Crippen LogP contribution in [0.4, 0.5) is 0 Å². The minimum atomic E-state index is -0.0159. The summed E-state index contributed by atoms with van der Waals surface area (Å²) in [6, 6.07) is 12.4. The molecule has 0 aliphatic carbocycles. The van der Waals surface area contributed by atoms with E-state index in [4.69, 9.17) is 4.74 Å². The topological polar surface area (TPSA) is 41.6 Å². The Bertz CT molecular complexity index is 729. The molecule has 1 saturated heterocycles. The van der Waals surface area contributed by atoms with Crippen LogP contribution in [-0.4, -0.2) is 43.2 Å². The highest BCUT2D eigenvalue weighted by Crippen LogP contribution is 2.29. The number of amides is 1. The summed E-state index contributed by atoms with van der Waals surface area (Å²) < 4.78 is 5.51. The molecule has 1 fully saturated rings. The number of thiophene rings is 1. The van der Waals surface area contributed by atoms with Gasteiger partial charge in [-0.25, -0.2) is 0 Å². The number of rotatable bonds is 5. The fourth-order valence-electron chi connectivity index (χ4n) is 3.55. The highest BCUT2D eigenvalue weighted by Gasteiger charge is 2.29. The van der Waals surface area contributed by atoms with Crippen LogP contribution in [0, 0.1) is 0 Å². The monoisotopic (exact) mass is 386 g/mol. The largest absolute Gasteiger partial charge is 0.379 e. The van der Waals surface area contributed by atoms with Gasteiger partial charge < -0.3 is 10.1 Å². The summed E-state index contributed by atoms with van der Waals surface area (Å²) in [5.41, 5.74) is 2.03. The van der Waals surface area contributed by atoms with Crippen molar-refractivity contribution in [1.29, 1.82) is 0 Å². The van der Waals surface area contributed by atoms with Crippen molar-refractivity contribution >= 4 is 17.2 Å². The normalized spacial score (nSPS) is 18.1. The summed E-state index contributed by atoms with van der Waals surface area (Å²) in [6.45, 7) is 11.9. The summed E-state index contributed by atoms with van der Waals surface area (Å²) in [5, 5.41) is 5.33. The fraction of sp³-hybridized carbons (Fsp3) is 0.500. The second kappa shape index (κ2) is 8.55. The number of hydrogen-bond acceptors (Lipinski definition) is 4. The highest BCUT2D eigenvalue weighted by atomic mass is 32.1. The summed E-state index contributed by atoms with van der Waals surface area (Å²) >= 11 is 1.75. The van der Waals surface area contributed by atoms with E-state index in [0.29, 0.717) is 5.56 Å². The molecule has 2 heterocycles. The molecule has 1 N–H and O–H groups in total. The lowest BCUT2D eigenvalue weighted by atomic mass is 9.86. The minimum absolute atomic E-state index is 0.0107. The Labute approximate surface area is 166 Å². The van der Waals surface area contributed by atoms with Gasteiger partial charge in [0.05, 0.1) is 19.3 Å². The summed E-state index contributed by atoms with van der Waals surface area (Å²) in [6.07, 6.45) is 0. The van der Waals surface area contributed by atoms with Crippen LogP contribution in [0.5, 0.6) is 0 Å². The number of nitrogens with zero attached hydrogens (tertiary/aromatic N) is 1. The molecule has 0 saturated carbocycles. The van der Waals surface area contributed by atoms with Crippen LogP contribution >= 0.6 is 11.3 Å². The maximum atomic E-state index is 12.8. The number of carbonyl (C=O) groups excluding carboxylic acids is 1. The summed E-state index contributed by atoms with van der Waals surface area (Å²) in [7, 11) is 0. The molecule has 1 aromatic carbocycles. The zero-order chi connectivity index (χ0) is 19.4. The molecule has 2 atom stereocenters. The Morgan fingerprint density at radius 3 is 2.37 bits per heavy atom. The Balaban J connectivity index is 1.72. The molecule has 5 heteroatoms. The third kappa shape index (κ3) is 4.98. The maximum Gasteiger partial charge on any atom is 0.251 e. The Hall–Kier alpha value is -1.69. The predicted octanol–water partition coefficient (Wildman–Crippen LogP) is 4.24. The average Bonchev–Trinajstić information content (AvgIpc) is 3.16. The molecule has 0 spiro atoms. The van der Waals surface area contributed by atoms with Crippen LogP contribution in [0.15, 0.2) is 41.8 Å². The highest BCUT2D eigenvalue weighted by molar-refractivity contribution is 7.10. The van der Waals surface area contributed by atoms with Gasteiger partial charge in [-0.1, -0.05) is 39.0 Å². The van der Waals surface area contributed by atoms with Crippen molar-refractivity contribution in [2.75, 3.05) is 26.3 Å². The van der Waals surface area contributed by atoms with E-state index < -0.39 is 0 Å². The van der Waals surface area contributed by atoms with Crippen LogP contribution in [0.3, 0.4) is 0 Å². The van der Waals surface area contributed by atoms with E-state index in [-0.39, 0.29) is 23.4 Å². The molecule has 1 aromatic heterocycles. The van der Waals surface area contributed by atoms with E-state index in [0.717, 1.165) is 26.3 Å². The molecule has 0 unspecified atom stereocenters. The fourth-order valence-corrected chi connectivity index (χ4v) is 4.51. The number of morpholine rings is 1. The van der Waals surface area contributed by atoms with Gasteiger partial charge in [0.1, 0.15) is 0 Å². The molecular formula is C22H30N2O2S. The van der Waals surface area contributed by atoms with E-state index in [1.54, 1.807) is 11.3 Å². The summed E-state index contributed by atoms with van der Waals surface area (Å²) in [4.78, 5) is 16.5. The second-order valence-corrected chi connectivity index (χ2v) is 9.18. The zero-order valence-corrected chi connectivity index (χ0v) is 17.5. The van der Waals surface area contributed by atoms with Gasteiger partial charge in [-0.2, -0.15) is 0 Å². The van der Waals surface area contributed by atoms with E-state index >= 15 is 0 Å². The molecule has 1 aliphatic heterocycles. The molecule has 0 radical (unpaired) electrons. The third-order valence-electron chi connectivity index (χ3n) is 5.12. The molecule has 3 rings (SSSR count). The van der Waals surface area contributed by atoms with Crippen molar-refractivity contribution in [3.8, 4) is 0 Å². The molecule has 4 nitrogen and oxygen atoms in total. The van der Waals surface area contributed by atoms with Crippen LogP contribution < -0.4 is 5.32 Å². The first-order valence-electron chi connectivity index (χ1n) is 9.63. The molecule has 1 amide bonds. The molecule has 1 aliphatic rings. The number of carbonyl (C=O) groups is 1. The van der Waals surface area contributed by atoms with Crippen molar-refractivity contribution in [2.45, 2.75) is 45.2 Å². The van der Waals surface area contributed by atoms with E-state index in [1.165, 1.54) is 10.4 Å². The van der Waals surface area contributed by atoms with Crippen LogP contribution in [0.2, 0.25) is 0 Å². The lowest BCUT2D eigenvalue weighted by molar-refractivity contribution is 0.00969.